The number of carbonyl (C=O) groups excluding carboxylic acids is 1. The summed E-state index contributed by atoms with van der Waals surface area (Å²) in [5, 5.41) is 13.0. The van der Waals surface area contributed by atoms with E-state index in [1.165, 1.54) is 0 Å². The van der Waals surface area contributed by atoms with Gasteiger partial charge in [-0.05, 0) is 39.6 Å². The van der Waals surface area contributed by atoms with Gasteiger partial charge in [0.1, 0.15) is 0 Å². The van der Waals surface area contributed by atoms with Crippen LogP contribution >= 0.6 is 0 Å². The molecule has 2 N–H and O–H groups in total. The highest BCUT2D eigenvalue weighted by Crippen LogP contribution is 2.22. The first-order valence-corrected chi connectivity index (χ1v) is 7.32. The molecule has 1 aromatic rings. The summed E-state index contributed by atoms with van der Waals surface area (Å²) in [4.78, 5) is 14.0. The molecule has 2 unspecified atom stereocenters. The largest absolute Gasteiger partial charge is 0.389 e. The van der Waals surface area contributed by atoms with Crippen molar-refractivity contribution in [3.63, 3.8) is 0 Å². The summed E-state index contributed by atoms with van der Waals surface area (Å²) in [6.07, 6.45) is -0.109. The second-order valence-corrected chi connectivity index (χ2v) is 5.80. The molecule has 1 aliphatic heterocycles. The van der Waals surface area contributed by atoms with Crippen LogP contribution in [0.15, 0.2) is 30.3 Å². The minimum atomic E-state index is -0.499. The monoisotopic (exact) mass is 292 g/mol. The van der Waals surface area contributed by atoms with Crippen molar-refractivity contribution in [2.45, 2.75) is 37.7 Å². The van der Waals surface area contributed by atoms with Gasteiger partial charge in [-0.1, -0.05) is 18.2 Å². The second-order valence-electron chi connectivity index (χ2n) is 5.80. The number of likely N-dealkylation sites (N-methyl/N-ethyl adjacent to an activating group) is 1. The number of rotatable bonds is 4. The van der Waals surface area contributed by atoms with Crippen molar-refractivity contribution in [1.82, 2.24) is 10.2 Å². The summed E-state index contributed by atoms with van der Waals surface area (Å²) in [7, 11) is 3.90. The van der Waals surface area contributed by atoms with E-state index in [2.05, 4.69) is 5.32 Å². The number of nitrogens with zero attached hydrogens (tertiary/aromatic N) is 1. The highest BCUT2D eigenvalue weighted by Gasteiger charge is 2.36. The molecule has 5 nitrogen and oxygen atoms in total. The molecule has 116 valence electrons. The predicted octanol–water partition coefficient (Wildman–Crippen LogP) is 0.885. The van der Waals surface area contributed by atoms with Crippen molar-refractivity contribution in [3.05, 3.63) is 35.9 Å². The maximum atomic E-state index is 12.0. The van der Waals surface area contributed by atoms with Crippen molar-refractivity contribution in [3.8, 4) is 0 Å². The molecule has 1 saturated heterocycles. The zero-order chi connectivity index (χ0) is 15.4. The molecule has 1 aromatic carbocycles. The molecular formula is C16H24N2O3. The summed E-state index contributed by atoms with van der Waals surface area (Å²) in [5.41, 5.74) is 0.644. The molecule has 0 bridgehead atoms. The normalized spacial score (nSPS) is 29.4. The Morgan fingerprint density at radius 1 is 1.38 bits per heavy atom. The van der Waals surface area contributed by atoms with Gasteiger partial charge in [-0.15, -0.1) is 0 Å². The van der Waals surface area contributed by atoms with Gasteiger partial charge in [0.05, 0.1) is 18.3 Å². The van der Waals surface area contributed by atoms with Crippen LogP contribution in [0.1, 0.15) is 23.7 Å². The third-order valence-corrected chi connectivity index (χ3v) is 3.98. The van der Waals surface area contributed by atoms with E-state index in [-0.39, 0.29) is 24.2 Å². The van der Waals surface area contributed by atoms with E-state index in [1.54, 1.807) is 12.1 Å². The van der Waals surface area contributed by atoms with Gasteiger partial charge in [-0.2, -0.15) is 0 Å². The maximum absolute atomic E-state index is 12.0. The lowest BCUT2D eigenvalue weighted by atomic mass is 9.95. The van der Waals surface area contributed by atoms with Gasteiger partial charge in [-0.3, -0.25) is 4.79 Å². The molecule has 0 radical (unpaired) electrons. The van der Waals surface area contributed by atoms with E-state index in [1.807, 2.05) is 44.1 Å². The molecule has 1 amide bonds. The maximum Gasteiger partial charge on any atom is 0.251 e. The van der Waals surface area contributed by atoms with Crippen molar-refractivity contribution >= 4 is 5.91 Å². The second kappa shape index (κ2) is 7.02. The molecule has 1 heterocycles. The average Bonchev–Trinajstić information content (AvgIpc) is 2.48. The van der Waals surface area contributed by atoms with Gasteiger partial charge < -0.3 is 20.1 Å². The summed E-state index contributed by atoms with van der Waals surface area (Å²) in [5.74, 6) is -0.0978. The molecular weight excluding hydrogens is 268 g/mol. The minimum absolute atomic E-state index is 0.0485. The number of hydrogen-bond donors (Lipinski definition) is 2. The van der Waals surface area contributed by atoms with Crippen LogP contribution < -0.4 is 5.32 Å². The van der Waals surface area contributed by atoms with Crippen LogP contribution in [0.25, 0.3) is 0 Å². The number of amides is 1. The van der Waals surface area contributed by atoms with Crippen molar-refractivity contribution in [2.75, 3.05) is 20.6 Å². The van der Waals surface area contributed by atoms with Gasteiger partial charge in [-0.25, -0.2) is 0 Å². The summed E-state index contributed by atoms with van der Waals surface area (Å²) in [6, 6.07) is 9.18. The fraction of sp³-hybridized carbons (Fsp3) is 0.562. The predicted molar refractivity (Wildman–Crippen MR) is 81.2 cm³/mol. The first-order valence-electron chi connectivity index (χ1n) is 7.32. The zero-order valence-electron chi connectivity index (χ0n) is 12.8. The number of hydrogen-bond acceptors (Lipinski definition) is 4. The van der Waals surface area contributed by atoms with Gasteiger partial charge >= 0.3 is 0 Å². The van der Waals surface area contributed by atoms with E-state index in [4.69, 9.17) is 4.74 Å². The highest BCUT2D eigenvalue weighted by atomic mass is 16.5. The standard InChI is InChI=1S/C16H24N2O3/c1-11-15(19)14(18(2)3)9-13(21-11)10-17-16(20)12-7-5-4-6-8-12/h4-8,11,13-15,19H,9-10H2,1-3H3,(H,17,20)/t11-,13-,14?,15?/m0/s1. The highest BCUT2D eigenvalue weighted by molar-refractivity contribution is 5.94. The minimum Gasteiger partial charge on any atom is -0.389 e. The van der Waals surface area contributed by atoms with Crippen LogP contribution in [0, 0.1) is 0 Å². The van der Waals surface area contributed by atoms with Crippen LogP contribution in [-0.2, 0) is 4.74 Å². The van der Waals surface area contributed by atoms with Crippen LogP contribution in [0.2, 0.25) is 0 Å². The number of nitrogens with one attached hydrogen (secondary N) is 1. The number of aliphatic hydroxyl groups excluding tert-OH is 1. The molecule has 4 atom stereocenters. The van der Waals surface area contributed by atoms with Crippen molar-refractivity contribution < 1.29 is 14.6 Å². The summed E-state index contributed by atoms with van der Waals surface area (Å²) >= 11 is 0. The summed E-state index contributed by atoms with van der Waals surface area (Å²) < 4.78 is 5.77. The molecule has 1 aliphatic rings. The Labute approximate surface area is 125 Å². The van der Waals surface area contributed by atoms with Gasteiger partial charge in [0.25, 0.3) is 5.91 Å². The third kappa shape index (κ3) is 4.03. The van der Waals surface area contributed by atoms with E-state index < -0.39 is 6.10 Å². The first kappa shape index (κ1) is 15.9. The Morgan fingerprint density at radius 3 is 2.67 bits per heavy atom. The lowest BCUT2D eigenvalue weighted by molar-refractivity contribution is -0.138. The zero-order valence-corrected chi connectivity index (χ0v) is 12.8. The van der Waals surface area contributed by atoms with Crippen molar-refractivity contribution in [1.29, 1.82) is 0 Å². The summed E-state index contributed by atoms with van der Waals surface area (Å²) in [6.45, 7) is 2.32. The molecule has 0 aromatic heterocycles. The third-order valence-electron chi connectivity index (χ3n) is 3.98. The number of benzene rings is 1. The Bertz CT molecular complexity index is 464. The quantitative estimate of drug-likeness (QED) is 0.865. The molecule has 2 rings (SSSR count). The number of ether oxygens (including phenoxy) is 1. The fourth-order valence-corrected chi connectivity index (χ4v) is 2.71. The van der Waals surface area contributed by atoms with Gasteiger partial charge in [0, 0.05) is 18.2 Å². The lowest BCUT2D eigenvalue weighted by Crippen LogP contribution is -2.54. The van der Waals surface area contributed by atoms with Crippen LogP contribution in [0.3, 0.4) is 0 Å². The van der Waals surface area contributed by atoms with Crippen molar-refractivity contribution in [2.24, 2.45) is 0 Å². The van der Waals surface area contributed by atoms with E-state index >= 15 is 0 Å². The van der Waals surface area contributed by atoms with Crippen LogP contribution in [0.4, 0.5) is 0 Å². The Hall–Kier alpha value is -1.43. The van der Waals surface area contributed by atoms with E-state index in [0.717, 1.165) is 0 Å². The topological polar surface area (TPSA) is 61.8 Å². The molecule has 0 spiro atoms. The van der Waals surface area contributed by atoms with Crippen LogP contribution in [-0.4, -0.2) is 60.9 Å². The molecule has 0 aliphatic carbocycles. The van der Waals surface area contributed by atoms with Gasteiger partial charge in [0.2, 0.25) is 0 Å². The fourth-order valence-electron chi connectivity index (χ4n) is 2.71. The Morgan fingerprint density at radius 2 is 2.05 bits per heavy atom. The molecule has 21 heavy (non-hydrogen) atoms. The number of aliphatic hydroxyl groups is 1. The average molecular weight is 292 g/mol. The number of carbonyl (C=O) groups is 1. The Kier molecular flexibility index (Phi) is 5.33. The smallest absolute Gasteiger partial charge is 0.251 e. The molecule has 5 heteroatoms. The van der Waals surface area contributed by atoms with Crippen LogP contribution in [0.5, 0.6) is 0 Å². The van der Waals surface area contributed by atoms with E-state index in [0.29, 0.717) is 18.5 Å². The van der Waals surface area contributed by atoms with E-state index in [9.17, 15) is 9.90 Å². The molecule has 1 fully saturated rings. The Balaban J connectivity index is 1.90. The lowest BCUT2D eigenvalue weighted by Gasteiger charge is -2.41. The first-order chi connectivity index (χ1) is 9.99. The SMILES string of the molecule is C[C@@H]1O[C@H](CNC(=O)c2ccccc2)CC(N(C)C)C1O. The molecule has 0 saturated carbocycles. The van der Waals surface area contributed by atoms with Gasteiger partial charge in [0.15, 0.2) is 0 Å².